The fraction of sp³-hybridized carbons (Fsp3) is 0.0250. The van der Waals surface area contributed by atoms with Crippen LogP contribution < -0.4 is 15.2 Å². The Bertz CT molecular complexity index is 2750. The molecule has 7 aromatic rings. The first-order valence-electron chi connectivity index (χ1n) is 15.8. The Hall–Kier alpha value is -6.73. The molecular formula is C40H26F3N3O6S. The van der Waals surface area contributed by atoms with Crippen molar-refractivity contribution >= 4 is 65.8 Å². The highest BCUT2D eigenvalue weighted by Crippen LogP contribution is 2.40. The number of sulfonamides is 1. The van der Waals surface area contributed by atoms with Gasteiger partial charge in [-0.3, -0.25) is 10.1 Å². The number of nitrogens with two attached hydrogens (primary N) is 1. The van der Waals surface area contributed by atoms with Crippen molar-refractivity contribution in [2.24, 2.45) is 5.73 Å². The third kappa shape index (κ3) is 7.23. The average molecular weight is 734 g/mol. The molecule has 0 spiro atoms. The van der Waals surface area contributed by atoms with Gasteiger partial charge in [-0.25, -0.2) is 18.0 Å². The van der Waals surface area contributed by atoms with Crippen LogP contribution in [0.2, 0.25) is 0 Å². The number of benzene rings is 7. The van der Waals surface area contributed by atoms with Crippen LogP contribution in [-0.2, 0) is 19.6 Å². The topological polar surface area (TPSA) is 149 Å². The monoisotopic (exact) mass is 733 g/mol. The maximum absolute atomic E-state index is 13.6. The number of halogens is 3. The SMILES string of the molecule is N=C(N)c1ccc2cc(Oc3ccc(NS(=O)(=O)c4ccc5ccccc5c4)cc3-c3cc4ccccc4cc3C(=O)OC(=O)C(F)(F)F)ccc2c1. The van der Waals surface area contributed by atoms with Crippen molar-refractivity contribution in [2.75, 3.05) is 4.72 Å². The molecule has 53 heavy (non-hydrogen) atoms. The second kappa shape index (κ2) is 13.4. The van der Waals surface area contributed by atoms with E-state index in [0.29, 0.717) is 27.5 Å². The van der Waals surface area contributed by atoms with Gasteiger partial charge in [-0.2, -0.15) is 13.2 Å². The number of ether oxygens (including phenoxy) is 2. The summed E-state index contributed by atoms with van der Waals surface area (Å²) in [6.45, 7) is 0. The van der Waals surface area contributed by atoms with Crippen molar-refractivity contribution in [1.29, 1.82) is 5.41 Å². The lowest BCUT2D eigenvalue weighted by Gasteiger charge is -2.18. The molecule has 0 amide bonds. The second-order valence-electron chi connectivity index (χ2n) is 12.0. The van der Waals surface area contributed by atoms with E-state index in [1.54, 1.807) is 78.9 Å². The van der Waals surface area contributed by atoms with E-state index in [4.69, 9.17) is 15.9 Å². The van der Waals surface area contributed by atoms with Gasteiger partial charge in [0.25, 0.3) is 10.0 Å². The van der Waals surface area contributed by atoms with Crippen molar-refractivity contribution in [1.82, 2.24) is 0 Å². The Kier molecular flexibility index (Phi) is 8.80. The average Bonchev–Trinajstić information content (AvgIpc) is 3.13. The summed E-state index contributed by atoms with van der Waals surface area (Å²) in [5.41, 5.74) is 5.88. The summed E-state index contributed by atoms with van der Waals surface area (Å²) in [5, 5.41) is 11.8. The van der Waals surface area contributed by atoms with Crippen molar-refractivity contribution in [3.8, 4) is 22.6 Å². The molecule has 0 saturated carbocycles. The zero-order chi connectivity index (χ0) is 37.5. The van der Waals surface area contributed by atoms with Gasteiger partial charge < -0.3 is 15.2 Å². The number of rotatable bonds is 8. The minimum absolute atomic E-state index is 0.00248. The first-order chi connectivity index (χ1) is 25.2. The van der Waals surface area contributed by atoms with Crippen LogP contribution in [0.15, 0.2) is 138 Å². The molecule has 4 N–H and O–H groups in total. The second-order valence-corrected chi connectivity index (χ2v) is 13.7. The number of carbonyl (C=O) groups excluding carboxylic acids is 2. The zero-order valence-electron chi connectivity index (χ0n) is 27.3. The number of nitrogens with one attached hydrogen (secondary N) is 2. The number of alkyl halides is 3. The normalized spacial score (nSPS) is 11.8. The van der Waals surface area contributed by atoms with E-state index < -0.39 is 33.7 Å². The summed E-state index contributed by atoms with van der Waals surface area (Å²) in [4.78, 5) is 25.1. The highest BCUT2D eigenvalue weighted by atomic mass is 32.2. The molecule has 0 aliphatic heterocycles. The lowest BCUT2D eigenvalue weighted by atomic mass is 9.94. The van der Waals surface area contributed by atoms with Gasteiger partial charge in [-0.1, -0.05) is 72.8 Å². The van der Waals surface area contributed by atoms with Gasteiger partial charge in [0.2, 0.25) is 0 Å². The van der Waals surface area contributed by atoms with E-state index in [9.17, 15) is 31.2 Å². The molecule has 0 bridgehead atoms. The van der Waals surface area contributed by atoms with Crippen LogP contribution in [-0.4, -0.2) is 32.4 Å². The highest BCUT2D eigenvalue weighted by molar-refractivity contribution is 7.92. The molecule has 0 heterocycles. The van der Waals surface area contributed by atoms with Crippen LogP contribution in [0.3, 0.4) is 0 Å². The molecule has 0 fully saturated rings. The van der Waals surface area contributed by atoms with E-state index in [1.807, 2.05) is 12.1 Å². The zero-order valence-corrected chi connectivity index (χ0v) is 28.1. The summed E-state index contributed by atoms with van der Waals surface area (Å²) in [6.07, 6.45) is -5.44. The molecule has 0 radical (unpaired) electrons. The molecule has 0 saturated heterocycles. The Labute approximate surface area is 299 Å². The van der Waals surface area contributed by atoms with E-state index in [1.165, 1.54) is 42.5 Å². The number of hydrogen-bond donors (Lipinski definition) is 3. The molecule has 7 aromatic carbocycles. The van der Waals surface area contributed by atoms with E-state index in [2.05, 4.69) is 9.46 Å². The van der Waals surface area contributed by atoms with E-state index in [-0.39, 0.29) is 33.3 Å². The van der Waals surface area contributed by atoms with Crippen LogP contribution in [0.5, 0.6) is 11.5 Å². The number of amidine groups is 1. The molecule has 0 aromatic heterocycles. The summed E-state index contributed by atoms with van der Waals surface area (Å²) in [6, 6.07) is 35.9. The molecule has 264 valence electrons. The Morgan fingerprint density at radius 1 is 0.660 bits per heavy atom. The summed E-state index contributed by atoms with van der Waals surface area (Å²) < 4.78 is 80.0. The first-order valence-corrected chi connectivity index (χ1v) is 17.3. The summed E-state index contributed by atoms with van der Waals surface area (Å²) in [5.74, 6) is -3.97. The molecule has 0 unspecified atom stereocenters. The molecule has 0 atom stereocenters. The number of fused-ring (bicyclic) bond motifs is 3. The number of nitrogen functional groups attached to an aromatic ring is 1. The Balaban J connectivity index is 1.36. The predicted molar refractivity (Wildman–Crippen MR) is 196 cm³/mol. The molecule has 7 rings (SSSR count). The van der Waals surface area contributed by atoms with Gasteiger partial charge in [-0.15, -0.1) is 0 Å². The van der Waals surface area contributed by atoms with E-state index >= 15 is 0 Å². The lowest BCUT2D eigenvalue weighted by Crippen LogP contribution is -2.28. The Morgan fingerprint density at radius 3 is 1.96 bits per heavy atom. The van der Waals surface area contributed by atoms with Gasteiger partial charge in [-0.05, 0) is 93.0 Å². The highest BCUT2D eigenvalue weighted by Gasteiger charge is 2.43. The van der Waals surface area contributed by atoms with Crippen molar-refractivity contribution in [3.63, 3.8) is 0 Å². The summed E-state index contributed by atoms with van der Waals surface area (Å²) >= 11 is 0. The number of hydrogen-bond acceptors (Lipinski definition) is 7. The molecular weight excluding hydrogens is 708 g/mol. The van der Waals surface area contributed by atoms with Crippen LogP contribution in [0, 0.1) is 5.41 Å². The fourth-order valence-electron chi connectivity index (χ4n) is 5.85. The third-order valence-corrected chi connectivity index (χ3v) is 9.81. The first kappa shape index (κ1) is 34.7. The number of carbonyl (C=O) groups is 2. The third-order valence-electron chi connectivity index (χ3n) is 8.43. The molecule has 0 aliphatic carbocycles. The maximum atomic E-state index is 13.6. The minimum atomic E-state index is -5.44. The molecule has 0 aliphatic rings. The van der Waals surface area contributed by atoms with Gasteiger partial charge >= 0.3 is 18.1 Å². The Morgan fingerprint density at radius 2 is 1.26 bits per heavy atom. The van der Waals surface area contributed by atoms with Crippen molar-refractivity contribution in [2.45, 2.75) is 11.1 Å². The quantitative estimate of drug-likeness (QED) is 0.0611. The van der Waals surface area contributed by atoms with E-state index in [0.717, 1.165) is 16.2 Å². The van der Waals surface area contributed by atoms with Crippen LogP contribution >= 0.6 is 0 Å². The molecule has 13 heteroatoms. The fourth-order valence-corrected chi connectivity index (χ4v) is 6.94. The van der Waals surface area contributed by atoms with Gasteiger partial charge in [0.15, 0.2) is 0 Å². The standard InChI is InChI=1S/C40H26F3N3O6S/c41-40(42,43)39(48)52-38(47)35-21-26-8-4-3-7-25(26)20-33(35)34-22-30(46-53(49,50)32-15-12-23-5-1-2-6-24(23)19-32)13-16-36(34)51-31-14-11-27-17-29(37(44)45)10-9-28(27)18-31/h1-22,46H,(H3,44,45). The minimum Gasteiger partial charge on any atom is -0.457 e. The van der Waals surface area contributed by atoms with Crippen molar-refractivity contribution < 1.29 is 40.7 Å². The number of anilines is 1. The molecule has 9 nitrogen and oxygen atoms in total. The van der Waals surface area contributed by atoms with Crippen LogP contribution in [0.1, 0.15) is 15.9 Å². The smallest absolute Gasteiger partial charge is 0.457 e. The summed E-state index contributed by atoms with van der Waals surface area (Å²) in [7, 11) is -4.18. The van der Waals surface area contributed by atoms with Crippen LogP contribution in [0.25, 0.3) is 43.4 Å². The lowest BCUT2D eigenvalue weighted by molar-refractivity contribution is -0.193. The number of esters is 2. The van der Waals surface area contributed by atoms with Gasteiger partial charge in [0.05, 0.1) is 10.5 Å². The largest absolute Gasteiger partial charge is 0.491 e. The maximum Gasteiger partial charge on any atom is 0.491 e. The predicted octanol–water partition coefficient (Wildman–Crippen LogP) is 8.94. The van der Waals surface area contributed by atoms with Gasteiger partial charge in [0.1, 0.15) is 17.3 Å². The van der Waals surface area contributed by atoms with Crippen molar-refractivity contribution in [3.05, 3.63) is 145 Å². The van der Waals surface area contributed by atoms with Crippen LogP contribution in [0.4, 0.5) is 18.9 Å². The van der Waals surface area contributed by atoms with Gasteiger partial charge in [0, 0.05) is 22.4 Å².